The van der Waals surface area contributed by atoms with Crippen molar-refractivity contribution in [3.05, 3.63) is 108 Å². The summed E-state index contributed by atoms with van der Waals surface area (Å²) in [4.78, 5) is 27.8. The molecule has 0 fully saturated rings. The third-order valence-electron chi connectivity index (χ3n) is 5.96. The summed E-state index contributed by atoms with van der Waals surface area (Å²) < 4.78 is 32.8. The fraction of sp³-hybridized carbons (Fsp3) is 0.172. The maximum absolute atomic E-state index is 13.8. The number of hydrogen-bond acceptors (Lipinski definition) is 3. The number of nitrogens with one attached hydrogen (secondary N) is 1. The highest BCUT2D eigenvalue weighted by molar-refractivity contribution is 5.99. The van der Waals surface area contributed by atoms with Crippen molar-refractivity contribution in [1.82, 2.24) is 5.32 Å². The Morgan fingerprint density at radius 3 is 2.19 bits per heavy atom. The van der Waals surface area contributed by atoms with Crippen molar-refractivity contribution in [2.24, 2.45) is 0 Å². The van der Waals surface area contributed by atoms with Crippen LogP contribution in [0.1, 0.15) is 11.1 Å². The predicted octanol–water partition coefficient (Wildman–Crippen LogP) is 5.06. The molecule has 1 N–H and O–H groups in total. The number of fused-ring (bicyclic) bond motifs is 1. The molecule has 0 unspecified atom stereocenters. The predicted molar refractivity (Wildman–Crippen MR) is 136 cm³/mol. The van der Waals surface area contributed by atoms with Gasteiger partial charge in [-0.05, 0) is 58.3 Å². The van der Waals surface area contributed by atoms with E-state index in [1.807, 2.05) is 42.5 Å². The van der Waals surface area contributed by atoms with Crippen LogP contribution in [0.4, 0.5) is 14.5 Å². The first kappa shape index (κ1) is 24.9. The maximum atomic E-state index is 13.8. The first-order chi connectivity index (χ1) is 17.3. The quantitative estimate of drug-likeness (QED) is 0.377. The van der Waals surface area contributed by atoms with Crippen LogP contribution in [0.5, 0.6) is 5.75 Å². The summed E-state index contributed by atoms with van der Waals surface area (Å²) in [5.74, 6) is -1.65. The molecule has 0 aliphatic rings. The SMILES string of the molecule is COc1ccc(N(C)C(=O)[C@H](Cc2cc(F)cc(F)c2)NC(=O)Cc2ccc3ccccc3c2)cc1. The molecular weight excluding hydrogens is 462 g/mol. The summed E-state index contributed by atoms with van der Waals surface area (Å²) >= 11 is 0. The number of methoxy groups -OCH3 is 1. The Morgan fingerprint density at radius 1 is 0.861 bits per heavy atom. The lowest BCUT2D eigenvalue weighted by atomic mass is 10.0. The lowest BCUT2D eigenvalue weighted by molar-refractivity contribution is -0.127. The van der Waals surface area contributed by atoms with Gasteiger partial charge in [-0.2, -0.15) is 0 Å². The molecule has 0 aliphatic carbocycles. The van der Waals surface area contributed by atoms with Crippen molar-refractivity contribution < 1.29 is 23.1 Å². The van der Waals surface area contributed by atoms with E-state index in [1.165, 1.54) is 4.90 Å². The van der Waals surface area contributed by atoms with Gasteiger partial charge in [-0.3, -0.25) is 9.59 Å². The Labute approximate surface area is 208 Å². The third kappa shape index (κ3) is 6.05. The van der Waals surface area contributed by atoms with Gasteiger partial charge in [0.2, 0.25) is 11.8 Å². The summed E-state index contributed by atoms with van der Waals surface area (Å²) in [6.45, 7) is 0. The van der Waals surface area contributed by atoms with Crippen molar-refractivity contribution in [2.75, 3.05) is 19.1 Å². The minimum absolute atomic E-state index is 0.0539. The van der Waals surface area contributed by atoms with E-state index in [0.717, 1.165) is 34.5 Å². The zero-order valence-corrected chi connectivity index (χ0v) is 20.0. The number of ether oxygens (including phenoxy) is 1. The molecule has 4 aromatic rings. The van der Waals surface area contributed by atoms with Crippen LogP contribution in [0, 0.1) is 11.6 Å². The molecule has 7 heteroatoms. The van der Waals surface area contributed by atoms with E-state index < -0.39 is 23.6 Å². The highest BCUT2D eigenvalue weighted by Gasteiger charge is 2.26. The molecule has 0 aliphatic heterocycles. The van der Waals surface area contributed by atoms with E-state index in [0.29, 0.717) is 11.4 Å². The van der Waals surface area contributed by atoms with Crippen LogP contribution in [0.3, 0.4) is 0 Å². The third-order valence-corrected chi connectivity index (χ3v) is 5.96. The van der Waals surface area contributed by atoms with Gasteiger partial charge in [0, 0.05) is 25.2 Å². The van der Waals surface area contributed by atoms with Crippen LogP contribution in [-0.4, -0.2) is 32.0 Å². The first-order valence-corrected chi connectivity index (χ1v) is 11.5. The average molecular weight is 489 g/mol. The molecule has 2 amide bonds. The van der Waals surface area contributed by atoms with Crippen molar-refractivity contribution in [2.45, 2.75) is 18.9 Å². The number of benzene rings is 4. The highest BCUT2D eigenvalue weighted by Crippen LogP contribution is 2.20. The van der Waals surface area contributed by atoms with Crippen LogP contribution in [-0.2, 0) is 22.4 Å². The number of rotatable bonds is 8. The molecule has 36 heavy (non-hydrogen) atoms. The fourth-order valence-corrected chi connectivity index (χ4v) is 4.11. The summed E-state index contributed by atoms with van der Waals surface area (Å²) in [6.07, 6.45) is -0.0180. The minimum Gasteiger partial charge on any atom is -0.497 e. The standard InChI is InChI=1S/C29H26F2N2O3/c1-33(25-9-11-26(36-2)12-10-25)29(35)27(16-20-14-23(30)18-24(31)15-20)32-28(34)17-19-7-8-21-5-3-4-6-22(21)13-19/h3-15,18,27H,16-17H2,1-2H3,(H,32,34)/t27-/m0/s1. The summed E-state index contributed by atoms with van der Waals surface area (Å²) in [7, 11) is 3.13. The number of nitrogens with zero attached hydrogens (tertiary/aromatic N) is 1. The second kappa shape index (κ2) is 11.0. The fourth-order valence-electron chi connectivity index (χ4n) is 4.11. The van der Waals surface area contributed by atoms with Gasteiger partial charge in [-0.1, -0.05) is 42.5 Å². The van der Waals surface area contributed by atoms with Gasteiger partial charge >= 0.3 is 0 Å². The number of carbonyl (C=O) groups is 2. The van der Waals surface area contributed by atoms with E-state index in [4.69, 9.17) is 4.74 Å². The smallest absolute Gasteiger partial charge is 0.249 e. The summed E-state index contributed by atoms with van der Waals surface area (Å²) in [5, 5.41) is 4.84. The number of anilines is 1. The molecule has 0 heterocycles. The van der Waals surface area contributed by atoms with Gasteiger partial charge in [-0.15, -0.1) is 0 Å². The molecule has 0 bridgehead atoms. The Hall–Kier alpha value is -4.26. The zero-order valence-electron chi connectivity index (χ0n) is 20.0. The summed E-state index contributed by atoms with van der Waals surface area (Å²) in [5.41, 5.74) is 1.64. The largest absolute Gasteiger partial charge is 0.497 e. The van der Waals surface area contributed by atoms with E-state index >= 15 is 0 Å². The second-order valence-corrected chi connectivity index (χ2v) is 8.56. The summed E-state index contributed by atoms with van der Waals surface area (Å²) in [6, 6.07) is 22.5. The molecule has 0 saturated carbocycles. The van der Waals surface area contributed by atoms with Gasteiger partial charge in [-0.25, -0.2) is 8.78 Å². The van der Waals surface area contributed by atoms with Gasteiger partial charge < -0.3 is 15.0 Å². The Bertz CT molecular complexity index is 1370. The van der Waals surface area contributed by atoms with Gasteiger partial charge in [0.05, 0.1) is 13.5 Å². The van der Waals surface area contributed by atoms with Crippen molar-refractivity contribution in [1.29, 1.82) is 0 Å². The minimum atomic E-state index is -1.04. The van der Waals surface area contributed by atoms with E-state index in [1.54, 1.807) is 38.4 Å². The number of hydrogen-bond donors (Lipinski definition) is 1. The highest BCUT2D eigenvalue weighted by atomic mass is 19.1. The molecule has 5 nitrogen and oxygen atoms in total. The molecule has 0 radical (unpaired) electrons. The Balaban J connectivity index is 1.55. The number of likely N-dealkylation sites (N-methyl/N-ethyl adjacent to an activating group) is 1. The molecule has 1 atom stereocenters. The molecule has 4 rings (SSSR count). The lowest BCUT2D eigenvalue weighted by Crippen LogP contribution is -2.49. The van der Waals surface area contributed by atoms with Gasteiger partial charge in [0.25, 0.3) is 0 Å². The topological polar surface area (TPSA) is 58.6 Å². The van der Waals surface area contributed by atoms with Crippen LogP contribution in [0.15, 0.2) is 84.9 Å². The van der Waals surface area contributed by atoms with E-state index in [9.17, 15) is 18.4 Å². The maximum Gasteiger partial charge on any atom is 0.249 e. The Kier molecular flexibility index (Phi) is 7.59. The van der Waals surface area contributed by atoms with Crippen molar-refractivity contribution >= 4 is 28.3 Å². The molecule has 4 aromatic carbocycles. The molecule has 0 saturated heterocycles. The van der Waals surface area contributed by atoms with Crippen LogP contribution in [0.2, 0.25) is 0 Å². The van der Waals surface area contributed by atoms with Crippen LogP contribution < -0.4 is 15.0 Å². The molecule has 0 spiro atoms. The number of amides is 2. The Morgan fingerprint density at radius 2 is 1.53 bits per heavy atom. The lowest BCUT2D eigenvalue weighted by Gasteiger charge is -2.25. The van der Waals surface area contributed by atoms with Gasteiger partial charge in [0.15, 0.2) is 0 Å². The van der Waals surface area contributed by atoms with Crippen LogP contribution >= 0.6 is 0 Å². The molecular formula is C29H26F2N2O3. The normalized spacial score (nSPS) is 11.7. The molecule has 184 valence electrons. The van der Waals surface area contributed by atoms with Crippen LogP contribution in [0.25, 0.3) is 10.8 Å². The second-order valence-electron chi connectivity index (χ2n) is 8.56. The van der Waals surface area contributed by atoms with Crippen molar-refractivity contribution in [3.8, 4) is 5.75 Å². The van der Waals surface area contributed by atoms with E-state index in [2.05, 4.69) is 5.32 Å². The first-order valence-electron chi connectivity index (χ1n) is 11.5. The van der Waals surface area contributed by atoms with Gasteiger partial charge in [0.1, 0.15) is 23.4 Å². The number of halogens is 2. The van der Waals surface area contributed by atoms with Crippen molar-refractivity contribution in [3.63, 3.8) is 0 Å². The average Bonchev–Trinajstić information content (AvgIpc) is 2.87. The number of carbonyl (C=O) groups excluding carboxylic acids is 2. The molecule has 0 aromatic heterocycles. The van der Waals surface area contributed by atoms with E-state index in [-0.39, 0.29) is 24.3 Å². The zero-order chi connectivity index (χ0) is 25.7. The monoisotopic (exact) mass is 488 g/mol.